The number of amides is 1. The Bertz CT molecular complexity index is 893. The number of benzene rings is 1. The van der Waals surface area contributed by atoms with E-state index >= 15 is 0 Å². The molecule has 0 spiro atoms. The van der Waals surface area contributed by atoms with E-state index < -0.39 is 10.0 Å². The van der Waals surface area contributed by atoms with Gasteiger partial charge < -0.3 is 15.6 Å². The van der Waals surface area contributed by atoms with Crippen LogP contribution in [0.4, 0.5) is 0 Å². The molecule has 0 saturated carbocycles. The Morgan fingerprint density at radius 1 is 1.42 bits per heavy atom. The molecule has 3 N–H and O–H groups in total. The van der Waals surface area contributed by atoms with Crippen molar-refractivity contribution in [2.75, 3.05) is 13.1 Å². The molecule has 140 valence electrons. The SMILES string of the molecule is CCn1ccnc1CNC(=O)c1cccc(S(=O)(=O)N2CCC(N)C2)c1. The number of rotatable bonds is 6. The van der Waals surface area contributed by atoms with Gasteiger partial charge in [-0.25, -0.2) is 13.4 Å². The van der Waals surface area contributed by atoms with Gasteiger partial charge in [-0.05, 0) is 31.5 Å². The highest BCUT2D eigenvalue weighted by Gasteiger charge is 2.31. The van der Waals surface area contributed by atoms with Crippen LogP contribution in [0.1, 0.15) is 29.5 Å². The summed E-state index contributed by atoms with van der Waals surface area (Å²) in [5.41, 5.74) is 6.10. The average molecular weight is 377 g/mol. The Hall–Kier alpha value is -2.23. The molecule has 1 aromatic carbocycles. The minimum atomic E-state index is -3.64. The molecule has 1 aliphatic rings. The highest BCUT2D eigenvalue weighted by molar-refractivity contribution is 7.89. The summed E-state index contributed by atoms with van der Waals surface area (Å²) in [5, 5.41) is 2.78. The first-order chi connectivity index (χ1) is 12.4. The lowest BCUT2D eigenvalue weighted by Gasteiger charge is -2.16. The number of imidazole rings is 1. The van der Waals surface area contributed by atoms with E-state index in [-0.39, 0.29) is 23.4 Å². The summed E-state index contributed by atoms with van der Waals surface area (Å²) in [6, 6.07) is 5.93. The number of aryl methyl sites for hydroxylation is 1. The van der Waals surface area contributed by atoms with Gasteiger partial charge in [0.2, 0.25) is 10.0 Å². The van der Waals surface area contributed by atoms with Gasteiger partial charge in [0.25, 0.3) is 5.91 Å². The molecule has 0 bridgehead atoms. The van der Waals surface area contributed by atoms with Crippen LogP contribution in [0.15, 0.2) is 41.6 Å². The molecule has 1 saturated heterocycles. The summed E-state index contributed by atoms with van der Waals surface area (Å²) in [5.74, 6) is 0.404. The molecular weight excluding hydrogens is 354 g/mol. The molecule has 1 fully saturated rings. The van der Waals surface area contributed by atoms with Crippen molar-refractivity contribution in [3.8, 4) is 0 Å². The molecule has 2 aromatic rings. The van der Waals surface area contributed by atoms with Crippen molar-refractivity contribution in [3.63, 3.8) is 0 Å². The molecule has 1 unspecified atom stereocenters. The predicted octanol–water partition coefficient (Wildman–Crippen LogP) is 0.555. The number of sulfonamides is 1. The lowest BCUT2D eigenvalue weighted by atomic mass is 10.2. The number of nitrogens with zero attached hydrogens (tertiary/aromatic N) is 3. The van der Waals surface area contributed by atoms with E-state index in [4.69, 9.17) is 5.73 Å². The summed E-state index contributed by atoms with van der Waals surface area (Å²) in [6.45, 7) is 3.73. The van der Waals surface area contributed by atoms with Gasteiger partial charge in [-0.3, -0.25) is 4.79 Å². The first-order valence-electron chi connectivity index (χ1n) is 8.56. The van der Waals surface area contributed by atoms with Crippen molar-refractivity contribution in [1.82, 2.24) is 19.2 Å². The fraction of sp³-hybridized carbons (Fsp3) is 0.412. The molecule has 26 heavy (non-hydrogen) atoms. The maximum absolute atomic E-state index is 12.7. The van der Waals surface area contributed by atoms with Crippen molar-refractivity contribution >= 4 is 15.9 Å². The molecule has 0 aliphatic carbocycles. The number of nitrogens with two attached hydrogens (primary N) is 1. The van der Waals surface area contributed by atoms with Crippen LogP contribution in [0.3, 0.4) is 0 Å². The third kappa shape index (κ3) is 3.79. The molecule has 0 radical (unpaired) electrons. The van der Waals surface area contributed by atoms with E-state index in [1.165, 1.54) is 16.4 Å². The Morgan fingerprint density at radius 2 is 2.23 bits per heavy atom. The summed E-state index contributed by atoms with van der Waals surface area (Å²) in [7, 11) is -3.64. The molecule has 8 nitrogen and oxygen atoms in total. The van der Waals surface area contributed by atoms with Gasteiger partial charge in [0.15, 0.2) is 0 Å². The summed E-state index contributed by atoms with van der Waals surface area (Å²) >= 11 is 0. The fourth-order valence-electron chi connectivity index (χ4n) is 2.98. The minimum Gasteiger partial charge on any atom is -0.345 e. The zero-order valence-corrected chi connectivity index (χ0v) is 15.4. The lowest BCUT2D eigenvalue weighted by Crippen LogP contribution is -2.32. The topological polar surface area (TPSA) is 110 Å². The van der Waals surface area contributed by atoms with E-state index in [9.17, 15) is 13.2 Å². The van der Waals surface area contributed by atoms with Crippen LogP contribution in [-0.4, -0.2) is 47.3 Å². The third-order valence-electron chi connectivity index (χ3n) is 4.47. The van der Waals surface area contributed by atoms with Gasteiger partial charge in [0, 0.05) is 43.6 Å². The third-order valence-corrected chi connectivity index (χ3v) is 6.33. The van der Waals surface area contributed by atoms with Crippen molar-refractivity contribution < 1.29 is 13.2 Å². The molecule has 1 amide bonds. The first-order valence-corrected chi connectivity index (χ1v) is 10.00. The van der Waals surface area contributed by atoms with Gasteiger partial charge in [0.05, 0.1) is 11.4 Å². The number of carbonyl (C=O) groups excluding carboxylic acids is 1. The highest BCUT2D eigenvalue weighted by atomic mass is 32.2. The van der Waals surface area contributed by atoms with Gasteiger partial charge in [-0.15, -0.1) is 0 Å². The number of nitrogens with one attached hydrogen (secondary N) is 1. The minimum absolute atomic E-state index is 0.106. The fourth-order valence-corrected chi connectivity index (χ4v) is 4.53. The van der Waals surface area contributed by atoms with E-state index in [1.807, 2.05) is 17.7 Å². The van der Waals surface area contributed by atoms with Crippen molar-refractivity contribution in [1.29, 1.82) is 0 Å². The molecule has 9 heteroatoms. The Labute approximate surface area is 153 Å². The number of hydrogen-bond acceptors (Lipinski definition) is 5. The zero-order valence-electron chi connectivity index (χ0n) is 14.6. The molecule has 1 atom stereocenters. The van der Waals surface area contributed by atoms with Crippen molar-refractivity contribution in [2.45, 2.75) is 37.4 Å². The standard InChI is InChI=1S/C17H23N5O3S/c1-2-21-9-7-19-16(21)11-20-17(23)13-4-3-5-15(10-13)26(24,25)22-8-6-14(18)12-22/h3-5,7,9-10,14H,2,6,8,11-12,18H2,1H3,(H,20,23). The van der Waals surface area contributed by atoms with Crippen molar-refractivity contribution in [3.05, 3.63) is 48.0 Å². The Kier molecular flexibility index (Phi) is 5.40. The largest absolute Gasteiger partial charge is 0.345 e. The van der Waals surface area contributed by atoms with E-state index in [2.05, 4.69) is 10.3 Å². The van der Waals surface area contributed by atoms with Gasteiger partial charge >= 0.3 is 0 Å². The molecule has 2 heterocycles. The van der Waals surface area contributed by atoms with Crippen LogP contribution >= 0.6 is 0 Å². The normalized spacial score (nSPS) is 18.2. The molecule has 1 aliphatic heterocycles. The van der Waals surface area contributed by atoms with Crippen LogP contribution in [0.5, 0.6) is 0 Å². The second-order valence-electron chi connectivity index (χ2n) is 6.25. The van der Waals surface area contributed by atoms with Gasteiger partial charge in [-0.2, -0.15) is 4.31 Å². The molecule has 3 rings (SSSR count). The maximum Gasteiger partial charge on any atom is 0.251 e. The van der Waals surface area contributed by atoms with Crippen molar-refractivity contribution in [2.24, 2.45) is 5.73 Å². The summed E-state index contributed by atoms with van der Waals surface area (Å²) < 4.78 is 28.7. The quantitative estimate of drug-likeness (QED) is 0.764. The zero-order chi connectivity index (χ0) is 18.7. The van der Waals surface area contributed by atoms with E-state index in [1.54, 1.807) is 18.3 Å². The van der Waals surface area contributed by atoms with Crippen LogP contribution in [0.2, 0.25) is 0 Å². The molecule has 1 aromatic heterocycles. The van der Waals surface area contributed by atoms with Gasteiger partial charge in [-0.1, -0.05) is 6.07 Å². The lowest BCUT2D eigenvalue weighted by molar-refractivity contribution is 0.0949. The predicted molar refractivity (Wildman–Crippen MR) is 96.9 cm³/mol. The smallest absolute Gasteiger partial charge is 0.251 e. The van der Waals surface area contributed by atoms with Crippen LogP contribution in [-0.2, 0) is 23.1 Å². The first kappa shape index (κ1) is 18.6. The summed E-state index contributed by atoms with van der Waals surface area (Å²) in [6.07, 6.45) is 4.16. The second-order valence-corrected chi connectivity index (χ2v) is 8.19. The maximum atomic E-state index is 12.7. The van der Waals surface area contributed by atoms with Gasteiger partial charge in [0.1, 0.15) is 5.82 Å². The average Bonchev–Trinajstić information content (AvgIpc) is 3.28. The van der Waals surface area contributed by atoms with Crippen LogP contribution in [0.25, 0.3) is 0 Å². The Balaban J connectivity index is 1.73. The Morgan fingerprint density at radius 3 is 2.92 bits per heavy atom. The van der Waals surface area contributed by atoms with Crippen LogP contribution in [0, 0.1) is 0 Å². The highest BCUT2D eigenvalue weighted by Crippen LogP contribution is 2.21. The van der Waals surface area contributed by atoms with Crippen LogP contribution < -0.4 is 11.1 Å². The number of aromatic nitrogens is 2. The number of carbonyl (C=O) groups is 1. The molecular formula is C17H23N5O3S. The van der Waals surface area contributed by atoms with E-state index in [0.717, 1.165) is 12.4 Å². The second kappa shape index (κ2) is 7.56. The monoisotopic (exact) mass is 377 g/mol. The number of hydrogen-bond donors (Lipinski definition) is 2. The van der Waals surface area contributed by atoms with E-state index in [0.29, 0.717) is 25.1 Å². The summed E-state index contributed by atoms with van der Waals surface area (Å²) in [4.78, 5) is 16.7.